The largest absolute Gasteiger partial charge is 0.348 e. The first kappa shape index (κ1) is 14.4. The number of ketones is 1. The summed E-state index contributed by atoms with van der Waals surface area (Å²) in [4.78, 5) is 22.4. The van der Waals surface area contributed by atoms with Crippen LogP contribution >= 0.6 is 0 Å². The summed E-state index contributed by atoms with van der Waals surface area (Å²) >= 11 is 0. The van der Waals surface area contributed by atoms with Gasteiger partial charge in [0.15, 0.2) is 5.79 Å². The second-order valence-electron chi connectivity index (χ2n) is 5.62. The minimum atomic E-state index is -0.688. The van der Waals surface area contributed by atoms with Gasteiger partial charge < -0.3 is 9.47 Å². The first-order valence-corrected chi connectivity index (χ1v) is 6.93. The number of hydrogen-bond donors (Lipinski definition) is 0. The SMILES string of the molecule is CC1(CCC(C2CCCC(=O)C2)[N+](=O)[O-])OCCO1. The minimum absolute atomic E-state index is 0.124. The highest BCUT2D eigenvalue weighted by molar-refractivity contribution is 5.79. The van der Waals surface area contributed by atoms with Crippen molar-refractivity contribution in [2.75, 3.05) is 13.2 Å². The number of rotatable bonds is 5. The quantitative estimate of drug-likeness (QED) is 0.564. The number of nitro groups is 1. The van der Waals surface area contributed by atoms with E-state index in [0.717, 1.165) is 12.8 Å². The Morgan fingerprint density at radius 2 is 2.16 bits per heavy atom. The lowest BCUT2D eigenvalue weighted by atomic mass is 9.81. The van der Waals surface area contributed by atoms with Gasteiger partial charge in [-0.05, 0) is 19.8 Å². The third kappa shape index (κ3) is 3.73. The molecule has 1 aliphatic carbocycles. The van der Waals surface area contributed by atoms with Crippen LogP contribution in [0.4, 0.5) is 0 Å². The monoisotopic (exact) mass is 271 g/mol. The normalized spacial score (nSPS) is 28.3. The number of carbonyl (C=O) groups excluding carboxylic acids is 1. The molecular weight excluding hydrogens is 250 g/mol. The molecule has 2 unspecified atom stereocenters. The predicted molar refractivity (Wildman–Crippen MR) is 67.3 cm³/mol. The smallest absolute Gasteiger partial charge is 0.216 e. The predicted octanol–water partition coefficient (Wildman–Crippen LogP) is 1.93. The van der Waals surface area contributed by atoms with Gasteiger partial charge >= 0.3 is 0 Å². The Labute approximate surface area is 112 Å². The average Bonchev–Trinajstić information content (AvgIpc) is 2.76. The Balaban J connectivity index is 1.92. The maximum atomic E-state index is 11.5. The molecule has 108 valence electrons. The molecule has 6 nitrogen and oxygen atoms in total. The van der Waals surface area contributed by atoms with Crippen molar-refractivity contribution in [3.63, 3.8) is 0 Å². The number of nitrogens with zero attached hydrogens (tertiary/aromatic N) is 1. The first-order valence-electron chi connectivity index (χ1n) is 6.93. The Kier molecular flexibility index (Phi) is 4.52. The zero-order chi connectivity index (χ0) is 13.9. The molecule has 1 heterocycles. The summed E-state index contributed by atoms with van der Waals surface area (Å²) in [5.41, 5.74) is 0. The fraction of sp³-hybridized carbons (Fsp3) is 0.923. The molecule has 0 radical (unpaired) electrons. The van der Waals surface area contributed by atoms with Crippen LogP contribution in [-0.2, 0) is 14.3 Å². The van der Waals surface area contributed by atoms with Crippen molar-refractivity contribution < 1.29 is 19.2 Å². The van der Waals surface area contributed by atoms with E-state index in [4.69, 9.17) is 9.47 Å². The van der Waals surface area contributed by atoms with Crippen molar-refractivity contribution in [3.05, 3.63) is 10.1 Å². The molecule has 6 heteroatoms. The van der Waals surface area contributed by atoms with Crippen LogP contribution < -0.4 is 0 Å². The molecule has 0 aromatic rings. The van der Waals surface area contributed by atoms with Crippen molar-refractivity contribution in [2.45, 2.75) is 57.3 Å². The van der Waals surface area contributed by atoms with Crippen LogP contribution in [0.25, 0.3) is 0 Å². The summed E-state index contributed by atoms with van der Waals surface area (Å²) in [6.07, 6.45) is 3.38. The van der Waals surface area contributed by atoms with Crippen LogP contribution in [0.5, 0.6) is 0 Å². The van der Waals surface area contributed by atoms with E-state index < -0.39 is 11.8 Å². The van der Waals surface area contributed by atoms with Gasteiger partial charge in [0.25, 0.3) is 0 Å². The van der Waals surface area contributed by atoms with Crippen LogP contribution in [0.2, 0.25) is 0 Å². The van der Waals surface area contributed by atoms with E-state index >= 15 is 0 Å². The van der Waals surface area contributed by atoms with Crippen LogP contribution in [0.3, 0.4) is 0 Å². The van der Waals surface area contributed by atoms with E-state index in [9.17, 15) is 14.9 Å². The summed E-state index contributed by atoms with van der Waals surface area (Å²) in [5, 5.41) is 11.2. The standard InChI is InChI=1S/C13H21NO5/c1-13(18-7-8-19-13)6-5-12(14(16)17)10-3-2-4-11(15)9-10/h10,12H,2-9H2,1H3. The van der Waals surface area contributed by atoms with Crippen LogP contribution in [0.1, 0.15) is 45.4 Å². The van der Waals surface area contributed by atoms with Gasteiger partial charge in [0.1, 0.15) is 5.78 Å². The van der Waals surface area contributed by atoms with Crippen molar-refractivity contribution in [1.29, 1.82) is 0 Å². The van der Waals surface area contributed by atoms with Gasteiger partial charge in [-0.25, -0.2) is 0 Å². The fourth-order valence-electron chi connectivity index (χ4n) is 3.01. The van der Waals surface area contributed by atoms with Gasteiger partial charge in [0, 0.05) is 36.5 Å². The fourth-order valence-corrected chi connectivity index (χ4v) is 3.01. The zero-order valence-electron chi connectivity index (χ0n) is 11.3. The molecule has 1 saturated heterocycles. The second kappa shape index (κ2) is 5.96. The molecule has 0 N–H and O–H groups in total. The Bertz CT molecular complexity index is 351. The molecule has 0 spiro atoms. The van der Waals surface area contributed by atoms with Crippen molar-refractivity contribution in [2.24, 2.45) is 5.92 Å². The summed E-state index contributed by atoms with van der Waals surface area (Å²) in [6.45, 7) is 2.91. The van der Waals surface area contributed by atoms with E-state index in [-0.39, 0.29) is 16.6 Å². The molecule has 0 amide bonds. The molecule has 2 atom stereocenters. The van der Waals surface area contributed by atoms with E-state index in [1.165, 1.54) is 0 Å². The number of carbonyl (C=O) groups is 1. The van der Waals surface area contributed by atoms with Gasteiger partial charge in [-0.3, -0.25) is 14.9 Å². The van der Waals surface area contributed by atoms with Gasteiger partial charge in [-0.1, -0.05) is 0 Å². The Hall–Kier alpha value is -1.01. The van der Waals surface area contributed by atoms with Crippen molar-refractivity contribution in [3.8, 4) is 0 Å². The van der Waals surface area contributed by atoms with E-state index in [2.05, 4.69) is 0 Å². The van der Waals surface area contributed by atoms with E-state index in [1.807, 2.05) is 6.92 Å². The highest BCUT2D eigenvalue weighted by Crippen LogP contribution is 2.31. The third-order valence-corrected chi connectivity index (χ3v) is 4.13. The topological polar surface area (TPSA) is 78.7 Å². The lowest BCUT2D eigenvalue weighted by molar-refractivity contribution is -0.534. The highest BCUT2D eigenvalue weighted by atomic mass is 16.7. The second-order valence-corrected chi connectivity index (χ2v) is 5.62. The van der Waals surface area contributed by atoms with Gasteiger partial charge in [-0.15, -0.1) is 0 Å². The lowest BCUT2D eigenvalue weighted by Gasteiger charge is -2.27. The van der Waals surface area contributed by atoms with E-state index in [1.54, 1.807) is 0 Å². The summed E-state index contributed by atoms with van der Waals surface area (Å²) in [7, 11) is 0. The molecule has 19 heavy (non-hydrogen) atoms. The Morgan fingerprint density at radius 3 is 2.74 bits per heavy atom. The maximum Gasteiger partial charge on any atom is 0.216 e. The molecule has 2 rings (SSSR count). The molecule has 2 fully saturated rings. The van der Waals surface area contributed by atoms with E-state index in [0.29, 0.717) is 38.9 Å². The van der Waals surface area contributed by atoms with Gasteiger partial charge in [0.2, 0.25) is 6.04 Å². The van der Waals surface area contributed by atoms with Gasteiger partial charge in [-0.2, -0.15) is 0 Å². The first-order chi connectivity index (χ1) is 9.00. The number of hydrogen-bond acceptors (Lipinski definition) is 5. The Morgan fingerprint density at radius 1 is 1.47 bits per heavy atom. The van der Waals surface area contributed by atoms with Crippen molar-refractivity contribution >= 4 is 5.78 Å². The third-order valence-electron chi connectivity index (χ3n) is 4.13. The minimum Gasteiger partial charge on any atom is -0.348 e. The molecule has 0 aromatic carbocycles. The van der Waals surface area contributed by atoms with Crippen molar-refractivity contribution in [1.82, 2.24) is 0 Å². The number of Topliss-reactive ketones (excluding diaryl/α,β-unsaturated/α-hetero) is 1. The van der Waals surface area contributed by atoms with Crippen LogP contribution in [0, 0.1) is 16.0 Å². The summed E-state index contributed by atoms with van der Waals surface area (Å²) < 4.78 is 10.9. The highest BCUT2D eigenvalue weighted by Gasteiger charge is 2.39. The number of ether oxygens (including phenoxy) is 2. The lowest BCUT2D eigenvalue weighted by Crippen LogP contribution is -2.36. The van der Waals surface area contributed by atoms with Crippen LogP contribution in [0.15, 0.2) is 0 Å². The molecule has 1 aliphatic heterocycles. The molecule has 0 aromatic heterocycles. The average molecular weight is 271 g/mol. The summed E-state index contributed by atoms with van der Waals surface area (Å²) in [5.74, 6) is -0.656. The molecule has 2 aliphatic rings. The van der Waals surface area contributed by atoms with Crippen LogP contribution in [-0.4, -0.2) is 35.7 Å². The summed E-state index contributed by atoms with van der Waals surface area (Å²) in [6, 6.07) is -0.658. The molecule has 1 saturated carbocycles. The van der Waals surface area contributed by atoms with Gasteiger partial charge in [0.05, 0.1) is 13.2 Å². The maximum absolute atomic E-state index is 11.5. The molecule has 0 bridgehead atoms. The molecular formula is C13H21NO5. The zero-order valence-corrected chi connectivity index (χ0v) is 11.3.